The molecule has 1 N–H and O–H groups in total. The Labute approximate surface area is 118 Å². The summed E-state index contributed by atoms with van der Waals surface area (Å²) in [7, 11) is 0. The minimum absolute atomic E-state index is 0.0126. The molecule has 0 spiro atoms. The fourth-order valence-corrected chi connectivity index (χ4v) is 1.88. The van der Waals surface area contributed by atoms with E-state index >= 15 is 0 Å². The number of hydrogen-bond acceptors (Lipinski definition) is 2. The van der Waals surface area contributed by atoms with E-state index in [0.29, 0.717) is 11.3 Å². The van der Waals surface area contributed by atoms with Crippen molar-refractivity contribution in [3.05, 3.63) is 59.4 Å². The van der Waals surface area contributed by atoms with E-state index in [9.17, 15) is 4.39 Å². The molecule has 2 nitrogen and oxygen atoms in total. The minimum Gasteiger partial charge on any atom is -0.454 e. The van der Waals surface area contributed by atoms with Gasteiger partial charge in [-0.05, 0) is 40.8 Å². The summed E-state index contributed by atoms with van der Waals surface area (Å²) in [6, 6.07) is 12.1. The third-order valence-electron chi connectivity index (χ3n) is 3.11. The normalized spacial score (nSPS) is 11.4. The molecule has 2 rings (SSSR count). The van der Waals surface area contributed by atoms with Gasteiger partial charge in [-0.1, -0.05) is 39.0 Å². The summed E-state index contributed by atoms with van der Waals surface area (Å²) >= 11 is 0. The minimum atomic E-state index is -0.474. The lowest BCUT2D eigenvalue weighted by Crippen LogP contribution is -2.10. The monoisotopic (exact) mass is 274 g/mol. The van der Waals surface area contributed by atoms with E-state index in [1.807, 2.05) is 18.2 Å². The zero-order valence-corrected chi connectivity index (χ0v) is 12.0. The van der Waals surface area contributed by atoms with E-state index in [1.54, 1.807) is 12.1 Å². The van der Waals surface area contributed by atoms with Crippen LogP contribution >= 0.6 is 0 Å². The van der Waals surface area contributed by atoms with E-state index in [4.69, 9.17) is 9.84 Å². The van der Waals surface area contributed by atoms with Crippen LogP contribution in [0.5, 0.6) is 11.5 Å². The molecule has 106 valence electrons. The van der Waals surface area contributed by atoms with Crippen molar-refractivity contribution in [3.63, 3.8) is 0 Å². The van der Waals surface area contributed by atoms with Gasteiger partial charge in [-0.3, -0.25) is 0 Å². The molecule has 0 aliphatic rings. The Hall–Kier alpha value is -1.87. The quantitative estimate of drug-likeness (QED) is 0.898. The van der Waals surface area contributed by atoms with Gasteiger partial charge in [-0.15, -0.1) is 0 Å². The molecule has 0 radical (unpaired) electrons. The fraction of sp³-hybridized carbons (Fsp3) is 0.294. The number of aliphatic hydroxyl groups is 1. The van der Waals surface area contributed by atoms with E-state index < -0.39 is 5.82 Å². The zero-order valence-electron chi connectivity index (χ0n) is 12.0. The van der Waals surface area contributed by atoms with Gasteiger partial charge >= 0.3 is 0 Å². The van der Waals surface area contributed by atoms with E-state index in [2.05, 4.69) is 20.8 Å². The van der Waals surface area contributed by atoms with E-state index in [1.165, 1.54) is 12.1 Å². The lowest BCUT2D eigenvalue weighted by Gasteiger charge is -2.19. The average Bonchev–Trinajstić information content (AvgIpc) is 2.40. The van der Waals surface area contributed by atoms with Crippen LogP contribution in [0.2, 0.25) is 0 Å². The second-order valence-corrected chi connectivity index (χ2v) is 5.80. The third kappa shape index (κ3) is 3.36. The van der Waals surface area contributed by atoms with Crippen molar-refractivity contribution in [3.8, 4) is 11.5 Å². The maximum atomic E-state index is 13.8. The Kier molecular flexibility index (Phi) is 4.09. The van der Waals surface area contributed by atoms with Crippen molar-refractivity contribution in [1.29, 1.82) is 0 Å². The van der Waals surface area contributed by atoms with Crippen LogP contribution in [0.3, 0.4) is 0 Å². The number of benzene rings is 2. The van der Waals surface area contributed by atoms with Gasteiger partial charge in [0.15, 0.2) is 11.6 Å². The molecule has 0 aliphatic carbocycles. The molecule has 2 aromatic rings. The molecule has 0 heterocycles. The summed E-state index contributed by atoms with van der Waals surface area (Å²) < 4.78 is 19.4. The maximum Gasteiger partial charge on any atom is 0.166 e. The highest BCUT2D eigenvalue weighted by Gasteiger charge is 2.14. The second-order valence-electron chi connectivity index (χ2n) is 5.80. The average molecular weight is 274 g/mol. The molecule has 0 aromatic heterocycles. The van der Waals surface area contributed by atoms with Crippen LogP contribution in [0.1, 0.15) is 31.9 Å². The van der Waals surface area contributed by atoms with Crippen LogP contribution in [0.4, 0.5) is 4.39 Å². The van der Waals surface area contributed by atoms with Crippen molar-refractivity contribution in [1.82, 2.24) is 0 Å². The van der Waals surface area contributed by atoms with Gasteiger partial charge in [0.2, 0.25) is 0 Å². The zero-order chi connectivity index (χ0) is 14.8. The van der Waals surface area contributed by atoms with Gasteiger partial charge in [-0.25, -0.2) is 4.39 Å². The van der Waals surface area contributed by atoms with Crippen LogP contribution in [-0.2, 0) is 12.0 Å². The summed E-state index contributed by atoms with van der Waals surface area (Å²) in [4.78, 5) is 0. The van der Waals surface area contributed by atoms with Crippen molar-refractivity contribution < 1.29 is 14.2 Å². The Morgan fingerprint density at radius 2 is 1.85 bits per heavy atom. The Morgan fingerprint density at radius 1 is 1.10 bits per heavy atom. The molecule has 0 saturated heterocycles. The van der Waals surface area contributed by atoms with Gasteiger partial charge in [0.25, 0.3) is 0 Å². The van der Waals surface area contributed by atoms with Crippen LogP contribution in [-0.4, -0.2) is 5.11 Å². The number of aliphatic hydroxyl groups excluding tert-OH is 1. The summed E-state index contributed by atoms with van der Waals surface area (Å²) in [5.74, 6) is 0.291. The Balaban J connectivity index is 2.26. The largest absolute Gasteiger partial charge is 0.454 e. The number of hydrogen-bond donors (Lipinski definition) is 1. The van der Waals surface area contributed by atoms with Gasteiger partial charge < -0.3 is 9.84 Å². The Morgan fingerprint density at radius 3 is 2.45 bits per heavy atom. The molecule has 0 saturated carbocycles. The molecule has 0 aliphatic heterocycles. The van der Waals surface area contributed by atoms with Crippen molar-refractivity contribution >= 4 is 0 Å². The summed E-state index contributed by atoms with van der Waals surface area (Å²) in [6.45, 7) is 6.16. The second kappa shape index (κ2) is 5.63. The van der Waals surface area contributed by atoms with Gasteiger partial charge in [-0.2, -0.15) is 0 Å². The summed E-state index contributed by atoms with van der Waals surface area (Å²) in [5.41, 5.74) is 1.67. The van der Waals surface area contributed by atoms with Crippen LogP contribution in [0.25, 0.3) is 0 Å². The standard InChI is InChI=1S/C17H19FO2/c1-17(2,3)13-5-4-6-14(10-13)20-16-8-7-12(11-19)9-15(16)18/h4-10,19H,11H2,1-3H3. The number of halogens is 1. The lowest BCUT2D eigenvalue weighted by molar-refractivity contribution is 0.281. The topological polar surface area (TPSA) is 29.5 Å². The molecule has 2 aromatic carbocycles. The van der Waals surface area contributed by atoms with Crippen molar-refractivity contribution in [2.45, 2.75) is 32.8 Å². The van der Waals surface area contributed by atoms with Crippen LogP contribution in [0.15, 0.2) is 42.5 Å². The highest BCUT2D eigenvalue weighted by atomic mass is 19.1. The van der Waals surface area contributed by atoms with Crippen molar-refractivity contribution in [2.75, 3.05) is 0 Å². The summed E-state index contributed by atoms with van der Waals surface area (Å²) in [5, 5.41) is 8.96. The Bertz CT molecular complexity index is 600. The molecule has 20 heavy (non-hydrogen) atoms. The van der Waals surface area contributed by atoms with Crippen LogP contribution in [0, 0.1) is 5.82 Å². The molecular formula is C17H19FO2. The predicted octanol–water partition coefficient (Wildman–Crippen LogP) is 4.41. The SMILES string of the molecule is CC(C)(C)c1cccc(Oc2ccc(CO)cc2F)c1. The molecule has 3 heteroatoms. The lowest BCUT2D eigenvalue weighted by atomic mass is 9.87. The van der Waals surface area contributed by atoms with E-state index in [-0.39, 0.29) is 17.8 Å². The number of ether oxygens (including phenoxy) is 1. The third-order valence-corrected chi connectivity index (χ3v) is 3.11. The van der Waals surface area contributed by atoms with Crippen molar-refractivity contribution in [2.24, 2.45) is 0 Å². The van der Waals surface area contributed by atoms with Crippen LogP contribution < -0.4 is 4.74 Å². The van der Waals surface area contributed by atoms with E-state index in [0.717, 1.165) is 5.56 Å². The molecular weight excluding hydrogens is 255 g/mol. The van der Waals surface area contributed by atoms with Gasteiger partial charge in [0, 0.05) is 0 Å². The molecule has 0 fully saturated rings. The first kappa shape index (κ1) is 14.5. The predicted molar refractivity (Wildman–Crippen MR) is 77.5 cm³/mol. The maximum absolute atomic E-state index is 13.8. The highest BCUT2D eigenvalue weighted by Crippen LogP contribution is 2.29. The first-order valence-corrected chi connectivity index (χ1v) is 6.58. The molecule has 0 bridgehead atoms. The van der Waals surface area contributed by atoms with Gasteiger partial charge in [0.05, 0.1) is 6.61 Å². The first-order chi connectivity index (χ1) is 9.40. The summed E-state index contributed by atoms with van der Waals surface area (Å²) in [6.07, 6.45) is 0. The molecule has 0 amide bonds. The molecule has 0 unspecified atom stereocenters. The first-order valence-electron chi connectivity index (χ1n) is 6.58. The smallest absolute Gasteiger partial charge is 0.166 e. The number of rotatable bonds is 3. The molecule has 0 atom stereocenters. The van der Waals surface area contributed by atoms with Gasteiger partial charge in [0.1, 0.15) is 5.75 Å². The highest BCUT2D eigenvalue weighted by molar-refractivity contribution is 5.37. The fourth-order valence-electron chi connectivity index (χ4n) is 1.88.